The first-order valence-electron chi connectivity index (χ1n) is 5.39. The monoisotopic (exact) mass is 256 g/mol. The molecule has 0 saturated heterocycles. The first-order valence-corrected chi connectivity index (χ1v) is 6.78. The molecule has 0 fully saturated rings. The average molecular weight is 256 g/mol. The lowest BCUT2D eigenvalue weighted by Crippen LogP contribution is -2.33. The van der Waals surface area contributed by atoms with Crippen LogP contribution < -0.4 is 11.1 Å². The van der Waals surface area contributed by atoms with Crippen molar-refractivity contribution in [3.8, 4) is 0 Å². The minimum absolute atomic E-state index is 0.0342. The number of nitrogen functional groups attached to an aromatic ring is 1. The summed E-state index contributed by atoms with van der Waals surface area (Å²) in [5.74, 6) is -0.0123. The molecule has 17 heavy (non-hydrogen) atoms. The molecule has 0 aliphatic carbocycles. The van der Waals surface area contributed by atoms with Crippen LogP contribution in [0.5, 0.6) is 0 Å². The predicted octanol–water partition coefficient (Wildman–Crippen LogP) is 2.28. The van der Waals surface area contributed by atoms with Gasteiger partial charge in [-0.05, 0) is 43.6 Å². The van der Waals surface area contributed by atoms with Crippen molar-refractivity contribution in [3.63, 3.8) is 0 Å². The minimum atomic E-state index is -0.584. The second kappa shape index (κ2) is 6.49. The maximum absolute atomic E-state index is 13.5. The van der Waals surface area contributed by atoms with Gasteiger partial charge in [-0.2, -0.15) is 11.8 Å². The van der Waals surface area contributed by atoms with E-state index in [1.54, 1.807) is 11.8 Å². The van der Waals surface area contributed by atoms with Crippen molar-refractivity contribution in [2.75, 3.05) is 17.7 Å². The van der Waals surface area contributed by atoms with Gasteiger partial charge in [0.15, 0.2) is 0 Å². The molecule has 0 saturated carbocycles. The SMILES string of the molecule is CSCCC(C)NC(=O)c1ccc(N)cc1F. The Kier molecular flexibility index (Phi) is 5.28. The van der Waals surface area contributed by atoms with Gasteiger partial charge < -0.3 is 11.1 Å². The van der Waals surface area contributed by atoms with E-state index in [-0.39, 0.29) is 11.6 Å². The highest BCUT2D eigenvalue weighted by atomic mass is 32.2. The standard InChI is InChI=1S/C12H17FN2OS/c1-8(5-6-17-2)15-12(16)10-4-3-9(14)7-11(10)13/h3-4,7-8H,5-6,14H2,1-2H3,(H,15,16). The summed E-state index contributed by atoms with van der Waals surface area (Å²) in [5, 5.41) is 2.76. The lowest BCUT2D eigenvalue weighted by molar-refractivity contribution is 0.0935. The van der Waals surface area contributed by atoms with Gasteiger partial charge in [-0.25, -0.2) is 4.39 Å². The summed E-state index contributed by atoms with van der Waals surface area (Å²) >= 11 is 1.72. The third-order valence-electron chi connectivity index (χ3n) is 2.37. The molecule has 3 nitrogen and oxygen atoms in total. The van der Waals surface area contributed by atoms with Crippen LogP contribution in [0.25, 0.3) is 0 Å². The lowest BCUT2D eigenvalue weighted by Gasteiger charge is -2.13. The second-order valence-corrected chi connectivity index (χ2v) is 4.88. The number of anilines is 1. The first-order chi connectivity index (χ1) is 8.04. The van der Waals surface area contributed by atoms with Gasteiger partial charge >= 0.3 is 0 Å². The molecule has 1 atom stereocenters. The molecule has 0 aromatic heterocycles. The highest BCUT2D eigenvalue weighted by Crippen LogP contribution is 2.12. The van der Waals surface area contributed by atoms with E-state index in [1.807, 2.05) is 13.2 Å². The number of halogens is 1. The van der Waals surface area contributed by atoms with Crippen LogP contribution in [0.15, 0.2) is 18.2 Å². The number of hydrogen-bond acceptors (Lipinski definition) is 3. The van der Waals surface area contributed by atoms with Crippen LogP contribution in [-0.2, 0) is 0 Å². The zero-order valence-corrected chi connectivity index (χ0v) is 10.8. The number of amides is 1. The van der Waals surface area contributed by atoms with E-state index in [0.717, 1.165) is 18.2 Å². The molecule has 1 unspecified atom stereocenters. The van der Waals surface area contributed by atoms with Crippen molar-refractivity contribution < 1.29 is 9.18 Å². The van der Waals surface area contributed by atoms with E-state index >= 15 is 0 Å². The predicted molar refractivity (Wildman–Crippen MR) is 70.7 cm³/mol. The minimum Gasteiger partial charge on any atom is -0.399 e. The molecule has 3 N–H and O–H groups in total. The number of rotatable bonds is 5. The van der Waals surface area contributed by atoms with Crippen molar-refractivity contribution in [2.45, 2.75) is 19.4 Å². The Bertz CT molecular complexity index is 398. The largest absolute Gasteiger partial charge is 0.399 e. The summed E-state index contributed by atoms with van der Waals surface area (Å²) in [7, 11) is 0. The molecule has 0 radical (unpaired) electrons. The fourth-order valence-corrected chi connectivity index (χ4v) is 1.97. The third kappa shape index (κ3) is 4.26. The van der Waals surface area contributed by atoms with Gasteiger partial charge in [-0.1, -0.05) is 0 Å². The molecular weight excluding hydrogens is 239 g/mol. The Morgan fingerprint density at radius 1 is 1.59 bits per heavy atom. The third-order valence-corrected chi connectivity index (χ3v) is 3.01. The van der Waals surface area contributed by atoms with Gasteiger partial charge in [0.05, 0.1) is 5.56 Å². The van der Waals surface area contributed by atoms with E-state index < -0.39 is 11.7 Å². The van der Waals surface area contributed by atoms with Gasteiger partial charge in [-0.3, -0.25) is 4.79 Å². The van der Waals surface area contributed by atoms with Gasteiger partial charge in [-0.15, -0.1) is 0 Å². The Morgan fingerprint density at radius 2 is 2.29 bits per heavy atom. The van der Waals surface area contributed by atoms with Crippen LogP contribution >= 0.6 is 11.8 Å². The Balaban J connectivity index is 2.63. The number of nitrogens with two attached hydrogens (primary N) is 1. The topological polar surface area (TPSA) is 55.1 Å². The fourth-order valence-electron chi connectivity index (χ4n) is 1.38. The molecule has 1 aromatic carbocycles. The fraction of sp³-hybridized carbons (Fsp3) is 0.417. The van der Waals surface area contributed by atoms with Crippen LogP contribution in [0.4, 0.5) is 10.1 Å². The summed E-state index contributed by atoms with van der Waals surface area (Å²) < 4.78 is 13.5. The van der Waals surface area contributed by atoms with Crippen LogP contribution in [0.1, 0.15) is 23.7 Å². The molecule has 1 aromatic rings. The highest BCUT2D eigenvalue weighted by molar-refractivity contribution is 7.98. The van der Waals surface area contributed by atoms with Gasteiger partial charge in [0.1, 0.15) is 5.82 Å². The summed E-state index contributed by atoms with van der Waals surface area (Å²) in [4.78, 5) is 11.8. The van der Waals surface area contributed by atoms with Crippen molar-refractivity contribution in [1.82, 2.24) is 5.32 Å². The van der Waals surface area contributed by atoms with Crippen LogP contribution in [0.2, 0.25) is 0 Å². The number of nitrogens with one attached hydrogen (secondary N) is 1. The molecule has 1 amide bonds. The van der Waals surface area contributed by atoms with Gasteiger partial charge in [0.25, 0.3) is 5.91 Å². The summed E-state index contributed by atoms with van der Waals surface area (Å²) in [6.07, 6.45) is 2.87. The molecular formula is C12H17FN2OS. The van der Waals surface area contributed by atoms with Gasteiger partial charge in [0, 0.05) is 11.7 Å². The van der Waals surface area contributed by atoms with Crippen LogP contribution in [0.3, 0.4) is 0 Å². The normalized spacial score (nSPS) is 12.2. The van der Waals surface area contributed by atoms with E-state index in [1.165, 1.54) is 12.1 Å². The first kappa shape index (κ1) is 13.8. The number of thioether (sulfide) groups is 1. The van der Waals surface area contributed by atoms with E-state index in [0.29, 0.717) is 5.69 Å². The summed E-state index contributed by atoms with van der Waals surface area (Å²) in [6, 6.07) is 4.11. The molecule has 0 aliphatic rings. The number of carbonyl (C=O) groups excluding carboxylic acids is 1. The van der Waals surface area contributed by atoms with Crippen LogP contribution in [-0.4, -0.2) is 24.0 Å². The van der Waals surface area contributed by atoms with Gasteiger partial charge in [0.2, 0.25) is 0 Å². The molecule has 1 rings (SSSR count). The molecule has 0 bridgehead atoms. The molecule has 0 heterocycles. The quantitative estimate of drug-likeness (QED) is 0.795. The lowest BCUT2D eigenvalue weighted by atomic mass is 10.1. The summed E-state index contributed by atoms with van der Waals surface area (Å²) in [6.45, 7) is 1.91. The van der Waals surface area contributed by atoms with E-state index in [4.69, 9.17) is 5.73 Å². The van der Waals surface area contributed by atoms with Crippen molar-refractivity contribution >= 4 is 23.4 Å². The molecule has 94 valence electrons. The highest BCUT2D eigenvalue weighted by Gasteiger charge is 2.13. The number of hydrogen-bond donors (Lipinski definition) is 2. The number of carbonyl (C=O) groups is 1. The van der Waals surface area contributed by atoms with E-state index in [2.05, 4.69) is 5.32 Å². The van der Waals surface area contributed by atoms with Crippen LogP contribution in [0, 0.1) is 5.82 Å². The maximum atomic E-state index is 13.5. The van der Waals surface area contributed by atoms with Crippen molar-refractivity contribution in [1.29, 1.82) is 0 Å². The zero-order valence-electron chi connectivity index (χ0n) is 10.00. The zero-order chi connectivity index (χ0) is 12.8. The Hall–Kier alpha value is -1.23. The Labute approximate surface area is 105 Å². The second-order valence-electron chi connectivity index (χ2n) is 3.90. The molecule has 5 heteroatoms. The average Bonchev–Trinajstić information content (AvgIpc) is 2.26. The van der Waals surface area contributed by atoms with Crippen molar-refractivity contribution in [3.05, 3.63) is 29.6 Å². The maximum Gasteiger partial charge on any atom is 0.254 e. The molecule has 0 aliphatic heterocycles. The number of benzene rings is 1. The van der Waals surface area contributed by atoms with E-state index in [9.17, 15) is 9.18 Å². The summed E-state index contributed by atoms with van der Waals surface area (Å²) in [5.41, 5.74) is 5.77. The Morgan fingerprint density at radius 3 is 2.88 bits per heavy atom. The molecule has 0 spiro atoms. The smallest absolute Gasteiger partial charge is 0.254 e. The van der Waals surface area contributed by atoms with Crippen molar-refractivity contribution in [2.24, 2.45) is 0 Å².